The summed E-state index contributed by atoms with van der Waals surface area (Å²) in [5, 5.41) is 13.5. The molecule has 2 N–H and O–H groups in total. The molecule has 5 aliphatic rings. The molecule has 25 heavy (non-hydrogen) atoms. The number of amides is 2. The molecule has 6 nitrogen and oxygen atoms in total. The van der Waals surface area contributed by atoms with Gasteiger partial charge in [0.05, 0.1) is 24.7 Å². The summed E-state index contributed by atoms with van der Waals surface area (Å²) in [6, 6.07) is 7.69. The molecule has 3 heterocycles. The minimum Gasteiger partial charge on any atom is -0.395 e. The molecule has 130 valence electrons. The Hall–Kier alpha value is -1.92. The van der Waals surface area contributed by atoms with Crippen molar-refractivity contribution in [2.75, 3.05) is 25.6 Å². The molecule has 3 aliphatic heterocycles. The van der Waals surface area contributed by atoms with Gasteiger partial charge in [-0.3, -0.25) is 9.59 Å². The zero-order chi connectivity index (χ0) is 17.1. The van der Waals surface area contributed by atoms with Crippen molar-refractivity contribution in [2.24, 2.45) is 23.2 Å². The zero-order valence-corrected chi connectivity index (χ0v) is 13.9. The van der Waals surface area contributed by atoms with Gasteiger partial charge >= 0.3 is 0 Å². The number of rotatable bonds is 1. The van der Waals surface area contributed by atoms with Gasteiger partial charge < -0.3 is 20.1 Å². The fraction of sp³-hybridized carbons (Fsp3) is 0.579. The smallest absolute Gasteiger partial charge is 0.238 e. The molecule has 7 atom stereocenters. The summed E-state index contributed by atoms with van der Waals surface area (Å²) in [6.07, 6.45) is 0.436. The Labute approximate surface area is 145 Å². The number of fused-ring (bicyclic) bond motifs is 5. The molecule has 2 aliphatic carbocycles. The van der Waals surface area contributed by atoms with Crippen LogP contribution in [0.1, 0.15) is 12.0 Å². The standard InChI is InChI=1S/C19H20N2O4/c1-21-14-9-7-25-13-6-11(9)18(8-22,17(21)24)15(14)19(13)10-4-2-3-5-12(10)20-16(19)23/h2-5,9,11,13-15,22H,6-8H2,1H3,(H,20,23)/t9-,11+,13-,14+,15-,18-,19-/m1/s1. The topological polar surface area (TPSA) is 78.9 Å². The van der Waals surface area contributed by atoms with Crippen LogP contribution in [0.4, 0.5) is 5.69 Å². The molecule has 5 bridgehead atoms. The molecule has 1 aromatic carbocycles. The summed E-state index contributed by atoms with van der Waals surface area (Å²) < 4.78 is 6.21. The van der Waals surface area contributed by atoms with E-state index in [9.17, 15) is 14.7 Å². The number of hydrogen-bond donors (Lipinski definition) is 2. The van der Waals surface area contributed by atoms with Crippen LogP contribution < -0.4 is 5.32 Å². The van der Waals surface area contributed by atoms with Gasteiger partial charge in [-0.1, -0.05) is 18.2 Å². The summed E-state index contributed by atoms with van der Waals surface area (Å²) in [7, 11) is 1.82. The summed E-state index contributed by atoms with van der Waals surface area (Å²) in [6.45, 7) is 0.371. The fourth-order valence-electron chi connectivity index (χ4n) is 7.20. The molecule has 2 amide bonds. The van der Waals surface area contributed by atoms with E-state index in [4.69, 9.17) is 4.74 Å². The number of aliphatic hydroxyl groups is 1. The van der Waals surface area contributed by atoms with Crippen LogP contribution in [0.5, 0.6) is 0 Å². The van der Waals surface area contributed by atoms with Gasteiger partial charge in [0.1, 0.15) is 5.41 Å². The number of aliphatic hydroxyl groups excluding tert-OH is 1. The minimum absolute atomic E-state index is 0.00292. The van der Waals surface area contributed by atoms with E-state index in [2.05, 4.69) is 5.32 Å². The van der Waals surface area contributed by atoms with Crippen LogP contribution in [0.3, 0.4) is 0 Å². The van der Waals surface area contributed by atoms with Crippen LogP contribution in [-0.2, 0) is 19.7 Å². The molecule has 2 saturated carbocycles. The second kappa shape index (κ2) is 4.07. The highest BCUT2D eigenvalue weighted by Crippen LogP contribution is 2.73. The first-order valence-corrected chi connectivity index (χ1v) is 8.99. The highest BCUT2D eigenvalue weighted by Gasteiger charge is 2.83. The Morgan fingerprint density at radius 2 is 2.16 bits per heavy atom. The minimum atomic E-state index is -0.883. The number of para-hydroxylation sites is 1. The SMILES string of the molecule is CN1C(=O)[C@@]2(CO)[C@H]3[C@@H]1[C@@H]1CO[C@H](C[C@@H]12)[C@@]31C(=O)Nc2ccccc21. The molecule has 0 unspecified atom stereocenters. The highest BCUT2D eigenvalue weighted by molar-refractivity contribution is 6.09. The van der Waals surface area contributed by atoms with Crippen molar-refractivity contribution < 1.29 is 19.4 Å². The molecule has 2 saturated heterocycles. The second-order valence-electron chi connectivity index (χ2n) is 8.28. The number of nitrogens with zero attached hydrogens (tertiary/aromatic N) is 1. The van der Waals surface area contributed by atoms with Gasteiger partial charge in [0.25, 0.3) is 0 Å². The number of likely N-dealkylation sites (tertiary alicyclic amines) is 1. The van der Waals surface area contributed by atoms with E-state index >= 15 is 0 Å². The predicted molar refractivity (Wildman–Crippen MR) is 87.7 cm³/mol. The third-order valence-electron chi connectivity index (χ3n) is 7.89. The Kier molecular flexibility index (Phi) is 2.33. The number of carbonyl (C=O) groups excluding carboxylic acids is 2. The summed E-state index contributed by atoms with van der Waals surface area (Å²) in [5.41, 5.74) is 0.0140. The molecule has 0 radical (unpaired) electrons. The third-order valence-corrected chi connectivity index (χ3v) is 7.89. The fourth-order valence-corrected chi connectivity index (χ4v) is 7.20. The largest absolute Gasteiger partial charge is 0.395 e. The lowest BCUT2D eigenvalue weighted by Crippen LogP contribution is -2.64. The Morgan fingerprint density at radius 1 is 1.36 bits per heavy atom. The quantitative estimate of drug-likeness (QED) is 0.774. The van der Waals surface area contributed by atoms with Crippen LogP contribution in [0.15, 0.2) is 24.3 Å². The van der Waals surface area contributed by atoms with Gasteiger partial charge in [-0.25, -0.2) is 0 Å². The van der Waals surface area contributed by atoms with Gasteiger partial charge in [0, 0.05) is 30.6 Å². The number of piperidine rings is 1. The molecule has 1 aromatic rings. The Balaban J connectivity index is 1.70. The third kappa shape index (κ3) is 1.17. The summed E-state index contributed by atoms with van der Waals surface area (Å²) in [4.78, 5) is 28.3. The van der Waals surface area contributed by atoms with Crippen molar-refractivity contribution in [3.8, 4) is 0 Å². The van der Waals surface area contributed by atoms with Gasteiger partial charge in [-0.15, -0.1) is 0 Å². The van der Waals surface area contributed by atoms with Crippen LogP contribution in [-0.4, -0.2) is 54.2 Å². The lowest BCUT2D eigenvalue weighted by Gasteiger charge is -2.53. The number of benzene rings is 1. The average molecular weight is 340 g/mol. The zero-order valence-electron chi connectivity index (χ0n) is 13.9. The predicted octanol–water partition coefficient (Wildman–Crippen LogP) is 0.360. The first-order valence-electron chi connectivity index (χ1n) is 8.99. The first-order chi connectivity index (χ1) is 12.1. The number of ether oxygens (including phenoxy) is 1. The number of carbonyl (C=O) groups is 2. The molecular weight excluding hydrogens is 320 g/mol. The maximum Gasteiger partial charge on any atom is 0.238 e. The van der Waals surface area contributed by atoms with Gasteiger partial charge in [0.2, 0.25) is 11.8 Å². The van der Waals surface area contributed by atoms with Crippen LogP contribution in [0.2, 0.25) is 0 Å². The average Bonchev–Trinajstić information content (AvgIpc) is 3.08. The maximum absolute atomic E-state index is 13.4. The summed E-state index contributed by atoms with van der Waals surface area (Å²) in [5.74, 6) is 0.0124. The van der Waals surface area contributed by atoms with Gasteiger partial charge in [-0.05, 0) is 24.0 Å². The molecule has 4 fully saturated rings. The van der Waals surface area contributed by atoms with Crippen molar-refractivity contribution >= 4 is 17.5 Å². The monoisotopic (exact) mass is 340 g/mol. The number of anilines is 1. The number of nitrogens with one attached hydrogen (secondary N) is 1. The second-order valence-corrected chi connectivity index (χ2v) is 8.28. The molecular formula is C19H20N2O4. The van der Waals surface area contributed by atoms with E-state index in [1.807, 2.05) is 31.3 Å². The van der Waals surface area contributed by atoms with E-state index in [1.54, 1.807) is 4.90 Å². The first kappa shape index (κ1) is 14.3. The molecule has 1 spiro atoms. The lowest BCUT2D eigenvalue weighted by atomic mass is 9.51. The van der Waals surface area contributed by atoms with Crippen LogP contribution >= 0.6 is 0 Å². The van der Waals surface area contributed by atoms with E-state index in [-0.39, 0.29) is 48.3 Å². The van der Waals surface area contributed by atoms with Crippen molar-refractivity contribution in [1.29, 1.82) is 0 Å². The Bertz CT molecular complexity index is 840. The van der Waals surface area contributed by atoms with Gasteiger partial charge in [-0.2, -0.15) is 0 Å². The number of hydrogen-bond acceptors (Lipinski definition) is 4. The van der Waals surface area contributed by atoms with Gasteiger partial charge in [0.15, 0.2) is 0 Å². The van der Waals surface area contributed by atoms with E-state index < -0.39 is 10.8 Å². The van der Waals surface area contributed by atoms with Crippen molar-refractivity contribution in [2.45, 2.75) is 24.0 Å². The lowest BCUT2D eigenvalue weighted by molar-refractivity contribution is -0.180. The molecule has 0 aromatic heterocycles. The van der Waals surface area contributed by atoms with Crippen LogP contribution in [0.25, 0.3) is 0 Å². The molecule has 6 rings (SSSR count). The van der Waals surface area contributed by atoms with E-state index in [0.29, 0.717) is 13.0 Å². The van der Waals surface area contributed by atoms with E-state index in [0.717, 1.165) is 11.3 Å². The van der Waals surface area contributed by atoms with Crippen LogP contribution in [0, 0.1) is 23.2 Å². The van der Waals surface area contributed by atoms with Crippen molar-refractivity contribution in [3.63, 3.8) is 0 Å². The summed E-state index contributed by atoms with van der Waals surface area (Å²) >= 11 is 0. The van der Waals surface area contributed by atoms with Crippen molar-refractivity contribution in [1.82, 2.24) is 4.90 Å². The Morgan fingerprint density at radius 3 is 2.96 bits per heavy atom. The van der Waals surface area contributed by atoms with E-state index in [1.165, 1.54) is 0 Å². The maximum atomic E-state index is 13.4. The normalized spacial score (nSPS) is 48.4. The molecule has 6 heteroatoms. The highest BCUT2D eigenvalue weighted by atomic mass is 16.5. The van der Waals surface area contributed by atoms with Crippen molar-refractivity contribution in [3.05, 3.63) is 29.8 Å².